The zero-order chi connectivity index (χ0) is 16.1. The average molecular weight is 317 g/mol. The van der Waals surface area contributed by atoms with Crippen LogP contribution in [0.5, 0.6) is 0 Å². The molecule has 22 heavy (non-hydrogen) atoms. The van der Waals surface area contributed by atoms with Gasteiger partial charge in [0, 0.05) is 15.5 Å². The van der Waals surface area contributed by atoms with Crippen LogP contribution in [-0.4, -0.2) is 24.2 Å². The largest absolute Gasteiger partial charge is 0.481 e. The number of hydrogen-bond acceptors (Lipinski definition) is 5. The van der Waals surface area contributed by atoms with Crippen molar-refractivity contribution in [2.24, 2.45) is 0 Å². The minimum absolute atomic E-state index is 0.110. The first-order valence-electron chi connectivity index (χ1n) is 6.46. The molecule has 2 aromatic carbocycles. The van der Waals surface area contributed by atoms with Crippen LogP contribution < -0.4 is 5.73 Å². The first kappa shape index (κ1) is 15.9. The second kappa shape index (κ2) is 7.00. The number of rotatable bonds is 5. The SMILES string of the molecule is COC(=O)c1ccc(Sc2ccc(N)c(CC(=O)O)c2)cc1. The van der Waals surface area contributed by atoms with Gasteiger partial charge >= 0.3 is 11.9 Å². The van der Waals surface area contributed by atoms with Crippen molar-refractivity contribution in [2.75, 3.05) is 12.8 Å². The van der Waals surface area contributed by atoms with Crippen LogP contribution in [0.2, 0.25) is 0 Å². The van der Waals surface area contributed by atoms with E-state index in [4.69, 9.17) is 10.8 Å². The Labute approximate surface area is 132 Å². The van der Waals surface area contributed by atoms with Gasteiger partial charge in [-0.1, -0.05) is 11.8 Å². The molecule has 0 amide bonds. The van der Waals surface area contributed by atoms with Crippen LogP contribution in [0.15, 0.2) is 52.3 Å². The molecule has 0 spiro atoms. The molecular formula is C16H15NO4S. The minimum Gasteiger partial charge on any atom is -0.481 e. The van der Waals surface area contributed by atoms with Gasteiger partial charge in [-0.15, -0.1) is 0 Å². The van der Waals surface area contributed by atoms with E-state index in [-0.39, 0.29) is 12.4 Å². The van der Waals surface area contributed by atoms with Gasteiger partial charge in [-0.2, -0.15) is 0 Å². The van der Waals surface area contributed by atoms with E-state index in [1.54, 1.807) is 24.3 Å². The van der Waals surface area contributed by atoms with Crippen LogP contribution in [0.1, 0.15) is 15.9 Å². The van der Waals surface area contributed by atoms with Gasteiger partial charge in [0.2, 0.25) is 0 Å². The van der Waals surface area contributed by atoms with Gasteiger partial charge in [0.1, 0.15) is 0 Å². The summed E-state index contributed by atoms with van der Waals surface area (Å²) in [6.07, 6.45) is -0.110. The normalized spacial score (nSPS) is 10.2. The van der Waals surface area contributed by atoms with Crippen LogP contribution in [0.4, 0.5) is 5.69 Å². The topological polar surface area (TPSA) is 89.6 Å². The van der Waals surface area contributed by atoms with Crippen molar-refractivity contribution in [3.63, 3.8) is 0 Å². The maximum atomic E-state index is 11.4. The van der Waals surface area contributed by atoms with Gasteiger partial charge in [0.15, 0.2) is 0 Å². The lowest BCUT2D eigenvalue weighted by molar-refractivity contribution is -0.136. The second-order valence-corrected chi connectivity index (χ2v) is 5.70. The molecule has 0 heterocycles. The van der Waals surface area contributed by atoms with E-state index in [1.165, 1.54) is 18.9 Å². The van der Waals surface area contributed by atoms with E-state index in [0.717, 1.165) is 9.79 Å². The Kier molecular flexibility index (Phi) is 5.06. The Hall–Kier alpha value is -2.47. The average Bonchev–Trinajstić information content (AvgIpc) is 2.50. The van der Waals surface area contributed by atoms with Gasteiger partial charge in [-0.3, -0.25) is 4.79 Å². The van der Waals surface area contributed by atoms with Crippen LogP contribution >= 0.6 is 11.8 Å². The number of carbonyl (C=O) groups is 2. The number of benzene rings is 2. The van der Waals surface area contributed by atoms with Gasteiger partial charge in [0.25, 0.3) is 0 Å². The Morgan fingerprint density at radius 1 is 1.14 bits per heavy atom. The molecule has 0 aromatic heterocycles. The van der Waals surface area contributed by atoms with E-state index in [0.29, 0.717) is 16.8 Å². The van der Waals surface area contributed by atoms with E-state index in [2.05, 4.69) is 4.74 Å². The fraction of sp³-hybridized carbons (Fsp3) is 0.125. The summed E-state index contributed by atoms with van der Waals surface area (Å²) >= 11 is 1.46. The quantitative estimate of drug-likeness (QED) is 0.651. The van der Waals surface area contributed by atoms with Crippen LogP contribution in [0, 0.1) is 0 Å². The molecule has 0 atom stereocenters. The molecule has 2 rings (SSSR count). The number of carbonyl (C=O) groups excluding carboxylic acids is 1. The molecule has 0 fully saturated rings. The third kappa shape index (κ3) is 4.02. The molecule has 3 N–H and O–H groups in total. The highest BCUT2D eigenvalue weighted by atomic mass is 32.2. The molecule has 0 aliphatic heterocycles. The fourth-order valence-electron chi connectivity index (χ4n) is 1.87. The molecule has 5 nitrogen and oxygen atoms in total. The molecular weight excluding hydrogens is 302 g/mol. The summed E-state index contributed by atoms with van der Waals surface area (Å²) in [6, 6.07) is 12.3. The molecule has 6 heteroatoms. The number of anilines is 1. The van der Waals surface area contributed by atoms with E-state index in [9.17, 15) is 9.59 Å². The van der Waals surface area contributed by atoms with Crippen molar-refractivity contribution < 1.29 is 19.4 Å². The second-order valence-electron chi connectivity index (χ2n) is 4.55. The summed E-state index contributed by atoms with van der Waals surface area (Å²) in [5.74, 6) is -1.30. The highest BCUT2D eigenvalue weighted by molar-refractivity contribution is 7.99. The van der Waals surface area contributed by atoms with Crippen LogP contribution in [0.3, 0.4) is 0 Å². The number of carboxylic acids is 1. The Morgan fingerprint density at radius 2 is 1.77 bits per heavy atom. The Bertz CT molecular complexity index is 698. The molecule has 0 unspecified atom stereocenters. The predicted octanol–water partition coefficient (Wildman–Crippen LogP) is 2.83. The molecule has 0 aliphatic carbocycles. The summed E-state index contributed by atoms with van der Waals surface area (Å²) in [4.78, 5) is 24.0. The molecule has 0 aliphatic rings. The standard InChI is InChI=1S/C16H15NO4S/c1-21-16(20)10-2-4-12(5-3-10)22-13-6-7-14(17)11(8-13)9-15(18)19/h2-8H,9,17H2,1H3,(H,18,19). The van der Waals surface area contributed by atoms with Gasteiger partial charge < -0.3 is 15.6 Å². The minimum atomic E-state index is -0.920. The number of esters is 1. The summed E-state index contributed by atoms with van der Waals surface area (Å²) in [5, 5.41) is 8.87. The zero-order valence-corrected chi connectivity index (χ0v) is 12.7. The van der Waals surface area contributed by atoms with Crippen molar-refractivity contribution in [3.8, 4) is 0 Å². The maximum Gasteiger partial charge on any atom is 0.337 e. The lowest BCUT2D eigenvalue weighted by Crippen LogP contribution is -2.03. The van der Waals surface area contributed by atoms with Crippen molar-refractivity contribution in [2.45, 2.75) is 16.2 Å². The summed E-state index contributed by atoms with van der Waals surface area (Å²) in [6.45, 7) is 0. The van der Waals surface area contributed by atoms with E-state index in [1.807, 2.05) is 18.2 Å². The highest BCUT2D eigenvalue weighted by Crippen LogP contribution is 2.30. The summed E-state index contributed by atoms with van der Waals surface area (Å²) in [7, 11) is 1.34. The number of nitrogen functional groups attached to an aromatic ring is 1. The first-order valence-corrected chi connectivity index (χ1v) is 7.27. The van der Waals surface area contributed by atoms with Crippen molar-refractivity contribution in [1.82, 2.24) is 0 Å². The maximum absolute atomic E-state index is 11.4. The first-order chi connectivity index (χ1) is 10.5. The van der Waals surface area contributed by atoms with Gasteiger partial charge in [-0.05, 0) is 48.0 Å². The molecule has 114 valence electrons. The number of methoxy groups -OCH3 is 1. The molecule has 0 bridgehead atoms. The highest BCUT2D eigenvalue weighted by Gasteiger charge is 2.08. The number of hydrogen-bond donors (Lipinski definition) is 2. The third-order valence-electron chi connectivity index (χ3n) is 2.97. The van der Waals surface area contributed by atoms with Crippen LogP contribution in [-0.2, 0) is 16.0 Å². The van der Waals surface area contributed by atoms with E-state index < -0.39 is 5.97 Å². The van der Waals surface area contributed by atoms with Gasteiger partial charge in [-0.25, -0.2) is 4.79 Å². The summed E-state index contributed by atoms with van der Waals surface area (Å²) < 4.78 is 4.65. The number of nitrogens with two attached hydrogens (primary N) is 1. The number of carboxylic acid groups (broad SMARTS) is 1. The zero-order valence-electron chi connectivity index (χ0n) is 11.9. The molecule has 0 radical (unpaired) electrons. The molecule has 0 saturated carbocycles. The third-order valence-corrected chi connectivity index (χ3v) is 3.96. The monoisotopic (exact) mass is 317 g/mol. The van der Waals surface area contributed by atoms with Crippen molar-refractivity contribution in [3.05, 3.63) is 53.6 Å². The number of ether oxygens (including phenoxy) is 1. The summed E-state index contributed by atoms with van der Waals surface area (Å²) in [5.41, 5.74) is 7.31. The smallest absolute Gasteiger partial charge is 0.337 e. The number of aliphatic carboxylic acids is 1. The molecule has 2 aromatic rings. The van der Waals surface area contributed by atoms with Crippen molar-refractivity contribution >= 4 is 29.4 Å². The Balaban J connectivity index is 2.16. The van der Waals surface area contributed by atoms with Crippen LogP contribution in [0.25, 0.3) is 0 Å². The molecule has 0 saturated heterocycles. The fourth-order valence-corrected chi connectivity index (χ4v) is 2.76. The predicted molar refractivity (Wildman–Crippen MR) is 84.1 cm³/mol. The van der Waals surface area contributed by atoms with E-state index >= 15 is 0 Å². The lowest BCUT2D eigenvalue weighted by atomic mass is 10.1. The Morgan fingerprint density at radius 3 is 2.36 bits per heavy atom. The van der Waals surface area contributed by atoms with Gasteiger partial charge in [0.05, 0.1) is 19.1 Å². The lowest BCUT2D eigenvalue weighted by Gasteiger charge is -2.07. The van der Waals surface area contributed by atoms with Crippen molar-refractivity contribution in [1.29, 1.82) is 0 Å².